The summed E-state index contributed by atoms with van der Waals surface area (Å²) in [4.78, 5) is 5.01. The minimum absolute atomic E-state index is 0.165. The van der Waals surface area contributed by atoms with Crippen molar-refractivity contribution in [3.63, 3.8) is 0 Å². The van der Waals surface area contributed by atoms with E-state index < -0.39 is 0 Å². The molecule has 1 N–H and O–H groups in total. The highest BCUT2D eigenvalue weighted by Gasteiger charge is 2.29. The number of aromatic hydroxyl groups is 1. The molecule has 2 aromatic carbocycles. The number of likely N-dealkylation sites (tertiary alicyclic amines) is 1. The lowest BCUT2D eigenvalue weighted by molar-refractivity contribution is 0.212. The van der Waals surface area contributed by atoms with Gasteiger partial charge in [-0.2, -0.15) is 0 Å². The second-order valence-corrected chi connectivity index (χ2v) is 7.21. The fourth-order valence-corrected chi connectivity index (χ4v) is 4.16. The Morgan fingerprint density at radius 3 is 2.52 bits per heavy atom. The van der Waals surface area contributed by atoms with Crippen molar-refractivity contribution in [3.8, 4) is 5.75 Å². The SMILES string of the molecule is Oc1ccc2c(c1)N(C1CCN(CCc3ccc(F)cc3)CC1)CC2. The number of phenols is 1. The molecule has 4 heteroatoms. The zero-order chi connectivity index (χ0) is 17.2. The number of hydrogen-bond acceptors (Lipinski definition) is 3. The van der Waals surface area contributed by atoms with E-state index in [2.05, 4.69) is 15.9 Å². The molecule has 1 saturated heterocycles. The lowest BCUT2D eigenvalue weighted by Crippen LogP contribution is -2.44. The number of nitrogens with zero attached hydrogens (tertiary/aromatic N) is 2. The van der Waals surface area contributed by atoms with Gasteiger partial charge in [-0.3, -0.25) is 0 Å². The Kier molecular flexibility index (Phi) is 4.62. The van der Waals surface area contributed by atoms with Crippen LogP contribution in [0.1, 0.15) is 24.0 Å². The van der Waals surface area contributed by atoms with Crippen molar-refractivity contribution in [2.24, 2.45) is 0 Å². The Morgan fingerprint density at radius 1 is 1.00 bits per heavy atom. The molecule has 4 rings (SSSR count). The summed E-state index contributed by atoms with van der Waals surface area (Å²) in [7, 11) is 0. The molecule has 0 aliphatic carbocycles. The van der Waals surface area contributed by atoms with Gasteiger partial charge in [-0.05, 0) is 55.0 Å². The van der Waals surface area contributed by atoms with Crippen molar-refractivity contribution in [2.75, 3.05) is 31.1 Å². The van der Waals surface area contributed by atoms with Gasteiger partial charge in [-0.15, -0.1) is 0 Å². The molecule has 2 aromatic rings. The van der Waals surface area contributed by atoms with Crippen molar-refractivity contribution >= 4 is 5.69 Å². The highest BCUT2D eigenvalue weighted by molar-refractivity contribution is 5.61. The molecule has 2 aliphatic rings. The van der Waals surface area contributed by atoms with Crippen molar-refractivity contribution in [1.82, 2.24) is 4.90 Å². The monoisotopic (exact) mass is 340 g/mol. The van der Waals surface area contributed by atoms with Gasteiger partial charge in [0, 0.05) is 44.0 Å². The first kappa shape index (κ1) is 16.4. The van der Waals surface area contributed by atoms with Gasteiger partial charge in [0.15, 0.2) is 0 Å². The van der Waals surface area contributed by atoms with Crippen LogP contribution < -0.4 is 4.90 Å². The summed E-state index contributed by atoms with van der Waals surface area (Å²) >= 11 is 0. The van der Waals surface area contributed by atoms with Gasteiger partial charge in [-0.1, -0.05) is 18.2 Å². The van der Waals surface area contributed by atoms with Crippen LogP contribution in [-0.4, -0.2) is 42.2 Å². The molecule has 0 amide bonds. The first-order chi connectivity index (χ1) is 12.2. The molecular weight excluding hydrogens is 315 g/mol. The van der Waals surface area contributed by atoms with Crippen LogP contribution in [-0.2, 0) is 12.8 Å². The lowest BCUT2D eigenvalue weighted by Gasteiger charge is -2.38. The smallest absolute Gasteiger partial charge is 0.123 e. The number of halogens is 1. The molecular formula is C21H25FN2O. The number of rotatable bonds is 4. The number of fused-ring (bicyclic) bond motifs is 1. The predicted molar refractivity (Wildman–Crippen MR) is 98.7 cm³/mol. The molecule has 0 aromatic heterocycles. The standard InChI is InChI=1S/C21H25FN2O/c22-18-4-1-16(2-5-18)7-11-23-12-9-19(10-13-23)24-14-8-17-3-6-20(25)15-21(17)24/h1-6,15,19,25H,7-14H2. The Morgan fingerprint density at radius 2 is 1.76 bits per heavy atom. The molecule has 1 fully saturated rings. The molecule has 0 saturated carbocycles. The van der Waals surface area contributed by atoms with Crippen molar-refractivity contribution in [2.45, 2.75) is 31.7 Å². The van der Waals surface area contributed by atoms with Crippen LogP contribution in [0.25, 0.3) is 0 Å². The largest absolute Gasteiger partial charge is 0.508 e. The molecule has 0 bridgehead atoms. The van der Waals surface area contributed by atoms with Crippen LogP contribution >= 0.6 is 0 Å². The summed E-state index contributed by atoms with van der Waals surface area (Å²) in [6.45, 7) is 4.32. The quantitative estimate of drug-likeness (QED) is 0.921. The van der Waals surface area contributed by atoms with E-state index in [0.717, 1.165) is 39.0 Å². The summed E-state index contributed by atoms with van der Waals surface area (Å²) in [5.41, 5.74) is 3.79. The van der Waals surface area contributed by atoms with Crippen molar-refractivity contribution in [3.05, 3.63) is 59.4 Å². The average molecular weight is 340 g/mol. The summed E-state index contributed by atoms with van der Waals surface area (Å²) in [6.07, 6.45) is 4.39. The van der Waals surface area contributed by atoms with Gasteiger partial charge in [0.1, 0.15) is 11.6 Å². The number of piperidine rings is 1. The second-order valence-electron chi connectivity index (χ2n) is 7.21. The zero-order valence-corrected chi connectivity index (χ0v) is 14.5. The second kappa shape index (κ2) is 7.04. The summed E-state index contributed by atoms with van der Waals surface area (Å²) in [5, 5.41) is 9.79. The molecule has 0 spiro atoms. The van der Waals surface area contributed by atoms with E-state index in [1.807, 2.05) is 18.2 Å². The molecule has 25 heavy (non-hydrogen) atoms. The van der Waals surface area contributed by atoms with Crippen LogP contribution in [0.5, 0.6) is 5.75 Å². The van der Waals surface area contributed by atoms with Crippen LogP contribution in [0.4, 0.5) is 10.1 Å². The van der Waals surface area contributed by atoms with E-state index in [1.54, 1.807) is 18.2 Å². The third kappa shape index (κ3) is 3.64. The highest BCUT2D eigenvalue weighted by Crippen LogP contribution is 2.35. The summed E-state index contributed by atoms with van der Waals surface area (Å²) in [6, 6.07) is 13.2. The molecule has 2 aliphatic heterocycles. The third-order valence-electron chi connectivity index (χ3n) is 5.63. The molecule has 0 atom stereocenters. The molecule has 0 radical (unpaired) electrons. The first-order valence-corrected chi connectivity index (χ1v) is 9.24. The van der Waals surface area contributed by atoms with E-state index in [1.165, 1.54) is 29.7 Å². The minimum atomic E-state index is -0.165. The Balaban J connectivity index is 1.30. The number of benzene rings is 2. The van der Waals surface area contributed by atoms with E-state index >= 15 is 0 Å². The molecule has 0 unspecified atom stereocenters. The average Bonchev–Trinajstić information content (AvgIpc) is 3.05. The van der Waals surface area contributed by atoms with Gasteiger partial charge in [-0.25, -0.2) is 4.39 Å². The van der Waals surface area contributed by atoms with Crippen molar-refractivity contribution < 1.29 is 9.50 Å². The number of phenolic OH excluding ortho intramolecular Hbond substituents is 1. The summed E-state index contributed by atoms with van der Waals surface area (Å²) < 4.78 is 13.0. The minimum Gasteiger partial charge on any atom is -0.508 e. The molecule has 2 heterocycles. The first-order valence-electron chi connectivity index (χ1n) is 9.24. The van der Waals surface area contributed by atoms with Gasteiger partial charge in [0.05, 0.1) is 0 Å². The molecule has 3 nitrogen and oxygen atoms in total. The topological polar surface area (TPSA) is 26.7 Å². The van der Waals surface area contributed by atoms with Gasteiger partial charge < -0.3 is 14.9 Å². The van der Waals surface area contributed by atoms with E-state index in [0.29, 0.717) is 11.8 Å². The van der Waals surface area contributed by atoms with E-state index in [9.17, 15) is 9.50 Å². The fourth-order valence-electron chi connectivity index (χ4n) is 4.16. The number of anilines is 1. The lowest BCUT2D eigenvalue weighted by atomic mass is 10.0. The predicted octanol–water partition coefficient (Wildman–Crippen LogP) is 3.60. The number of hydrogen-bond donors (Lipinski definition) is 1. The van der Waals surface area contributed by atoms with Gasteiger partial charge in [0.2, 0.25) is 0 Å². The van der Waals surface area contributed by atoms with Crippen LogP contribution in [0.15, 0.2) is 42.5 Å². The Labute approximate surface area is 148 Å². The van der Waals surface area contributed by atoms with Gasteiger partial charge in [0.25, 0.3) is 0 Å². The maximum atomic E-state index is 13.0. The van der Waals surface area contributed by atoms with Crippen molar-refractivity contribution in [1.29, 1.82) is 0 Å². The van der Waals surface area contributed by atoms with Crippen LogP contribution in [0.2, 0.25) is 0 Å². The Hall–Kier alpha value is -2.07. The van der Waals surface area contributed by atoms with E-state index in [-0.39, 0.29) is 5.82 Å². The van der Waals surface area contributed by atoms with Crippen LogP contribution in [0, 0.1) is 5.82 Å². The Bertz CT molecular complexity index is 723. The fraction of sp³-hybridized carbons (Fsp3) is 0.429. The van der Waals surface area contributed by atoms with E-state index in [4.69, 9.17) is 0 Å². The highest BCUT2D eigenvalue weighted by atomic mass is 19.1. The third-order valence-corrected chi connectivity index (χ3v) is 5.63. The summed E-state index contributed by atoms with van der Waals surface area (Å²) in [5.74, 6) is 0.198. The van der Waals surface area contributed by atoms with Gasteiger partial charge >= 0.3 is 0 Å². The zero-order valence-electron chi connectivity index (χ0n) is 14.5. The normalized spacial score (nSPS) is 18.5. The maximum Gasteiger partial charge on any atom is 0.123 e. The molecule has 132 valence electrons. The maximum absolute atomic E-state index is 13.0. The van der Waals surface area contributed by atoms with Crippen LogP contribution in [0.3, 0.4) is 0 Å².